The van der Waals surface area contributed by atoms with Gasteiger partial charge < -0.3 is 5.73 Å². The van der Waals surface area contributed by atoms with Gasteiger partial charge in [-0.15, -0.1) is 0 Å². The van der Waals surface area contributed by atoms with Crippen LogP contribution < -0.4 is 5.73 Å². The fourth-order valence-corrected chi connectivity index (χ4v) is 0.756. The van der Waals surface area contributed by atoms with E-state index in [2.05, 4.69) is 16.5 Å². The summed E-state index contributed by atoms with van der Waals surface area (Å²) >= 11 is 0. The molecular weight excluding hydrogens is 138 g/mol. The Kier molecular flexibility index (Phi) is 2.33. The minimum Gasteiger partial charge on any atom is -0.320 e. The molecule has 3 heteroatoms. The van der Waals surface area contributed by atoms with Crippen LogP contribution in [0.4, 0.5) is 0 Å². The maximum Gasteiger partial charge on any atom is 0.115 e. The van der Waals surface area contributed by atoms with Gasteiger partial charge >= 0.3 is 0 Å². The average Bonchev–Trinajstić information content (AvgIpc) is 2.05. The predicted octanol–water partition coefficient (Wildman–Crippen LogP) is 1.05. The highest BCUT2D eigenvalue weighted by atomic mass is 14.8. The molecule has 3 nitrogen and oxygen atoms in total. The van der Waals surface area contributed by atoms with Gasteiger partial charge in [0.1, 0.15) is 6.33 Å². The second-order valence-corrected chi connectivity index (χ2v) is 2.50. The molecule has 0 aromatic carbocycles. The number of hydrogen-bond acceptors (Lipinski definition) is 3. The lowest BCUT2D eigenvalue weighted by molar-refractivity contribution is 0.832. The summed E-state index contributed by atoms with van der Waals surface area (Å²) in [6.07, 6.45) is 4.88. The van der Waals surface area contributed by atoms with Crippen molar-refractivity contribution in [2.24, 2.45) is 5.73 Å². The summed E-state index contributed by atoms with van der Waals surface area (Å²) in [7, 11) is 0. The maximum atomic E-state index is 5.76. The monoisotopic (exact) mass is 149 g/mol. The first-order valence-electron chi connectivity index (χ1n) is 3.37. The van der Waals surface area contributed by atoms with Crippen LogP contribution in [0, 0.1) is 0 Å². The van der Waals surface area contributed by atoms with Gasteiger partial charge in [0, 0.05) is 18.0 Å². The molecule has 0 aliphatic rings. The Hall–Kier alpha value is -1.22. The summed E-state index contributed by atoms with van der Waals surface area (Å²) in [5.41, 5.74) is 7.58. The van der Waals surface area contributed by atoms with Crippen LogP contribution in [0.25, 0.3) is 0 Å². The SMILES string of the molecule is C=C(C)C(N)c1cncnc1. The van der Waals surface area contributed by atoms with Gasteiger partial charge in [-0.2, -0.15) is 0 Å². The minimum atomic E-state index is -0.142. The zero-order valence-corrected chi connectivity index (χ0v) is 6.49. The van der Waals surface area contributed by atoms with Gasteiger partial charge in [0.15, 0.2) is 0 Å². The zero-order valence-electron chi connectivity index (χ0n) is 6.49. The molecular formula is C8H11N3. The molecule has 1 rings (SSSR count). The fraction of sp³-hybridized carbons (Fsp3) is 0.250. The lowest BCUT2D eigenvalue weighted by Gasteiger charge is -2.09. The third kappa shape index (κ3) is 1.85. The van der Waals surface area contributed by atoms with Gasteiger partial charge in [0.05, 0.1) is 6.04 Å². The summed E-state index contributed by atoms with van der Waals surface area (Å²) in [5.74, 6) is 0. The number of nitrogens with two attached hydrogens (primary N) is 1. The highest BCUT2D eigenvalue weighted by molar-refractivity contribution is 5.18. The van der Waals surface area contributed by atoms with Crippen molar-refractivity contribution in [2.45, 2.75) is 13.0 Å². The van der Waals surface area contributed by atoms with Gasteiger partial charge in [-0.3, -0.25) is 0 Å². The van der Waals surface area contributed by atoms with Crippen molar-refractivity contribution in [3.63, 3.8) is 0 Å². The zero-order chi connectivity index (χ0) is 8.27. The van der Waals surface area contributed by atoms with E-state index in [1.165, 1.54) is 6.33 Å². The minimum absolute atomic E-state index is 0.142. The molecule has 0 saturated carbocycles. The molecule has 0 fully saturated rings. The van der Waals surface area contributed by atoms with E-state index in [1.54, 1.807) is 12.4 Å². The molecule has 0 radical (unpaired) electrons. The van der Waals surface area contributed by atoms with Crippen LogP contribution >= 0.6 is 0 Å². The first-order valence-corrected chi connectivity index (χ1v) is 3.37. The van der Waals surface area contributed by atoms with E-state index in [1.807, 2.05) is 6.92 Å². The summed E-state index contributed by atoms with van der Waals surface area (Å²) in [6.45, 7) is 5.64. The normalized spacial score (nSPS) is 12.5. The van der Waals surface area contributed by atoms with Gasteiger partial charge in [0.25, 0.3) is 0 Å². The van der Waals surface area contributed by atoms with Crippen LogP contribution in [0.1, 0.15) is 18.5 Å². The van der Waals surface area contributed by atoms with E-state index in [4.69, 9.17) is 5.73 Å². The third-order valence-corrected chi connectivity index (χ3v) is 1.47. The van der Waals surface area contributed by atoms with Gasteiger partial charge in [0.2, 0.25) is 0 Å². The van der Waals surface area contributed by atoms with Gasteiger partial charge in [-0.1, -0.05) is 12.2 Å². The molecule has 1 unspecified atom stereocenters. The molecule has 0 amide bonds. The topological polar surface area (TPSA) is 51.8 Å². The molecule has 0 aliphatic heterocycles. The van der Waals surface area contributed by atoms with Crippen molar-refractivity contribution in [3.05, 3.63) is 36.4 Å². The lowest BCUT2D eigenvalue weighted by atomic mass is 10.1. The molecule has 0 bridgehead atoms. The van der Waals surface area contributed by atoms with E-state index < -0.39 is 0 Å². The molecule has 2 N–H and O–H groups in total. The van der Waals surface area contributed by atoms with Crippen molar-refractivity contribution in [3.8, 4) is 0 Å². The molecule has 58 valence electrons. The van der Waals surface area contributed by atoms with Crippen LogP contribution in [0.2, 0.25) is 0 Å². The number of hydrogen-bond donors (Lipinski definition) is 1. The van der Waals surface area contributed by atoms with E-state index in [-0.39, 0.29) is 6.04 Å². The summed E-state index contributed by atoms with van der Waals surface area (Å²) in [6, 6.07) is -0.142. The number of nitrogens with zero attached hydrogens (tertiary/aromatic N) is 2. The Morgan fingerprint density at radius 1 is 1.55 bits per heavy atom. The van der Waals surface area contributed by atoms with Crippen LogP contribution in [-0.4, -0.2) is 9.97 Å². The first kappa shape index (κ1) is 7.88. The standard InChI is InChI=1S/C8H11N3/c1-6(2)8(9)7-3-10-5-11-4-7/h3-5,8H,1,9H2,2H3. The molecule has 0 spiro atoms. The van der Waals surface area contributed by atoms with Crippen molar-refractivity contribution in [1.29, 1.82) is 0 Å². The number of rotatable bonds is 2. The second kappa shape index (κ2) is 3.25. The third-order valence-electron chi connectivity index (χ3n) is 1.47. The highest BCUT2D eigenvalue weighted by Crippen LogP contribution is 2.13. The van der Waals surface area contributed by atoms with Gasteiger partial charge in [-0.25, -0.2) is 9.97 Å². The predicted molar refractivity (Wildman–Crippen MR) is 43.8 cm³/mol. The van der Waals surface area contributed by atoms with Crippen molar-refractivity contribution in [2.75, 3.05) is 0 Å². The Morgan fingerprint density at radius 3 is 2.55 bits per heavy atom. The Morgan fingerprint density at radius 2 is 2.09 bits per heavy atom. The van der Waals surface area contributed by atoms with Crippen molar-refractivity contribution >= 4 is 0 Å². The summed E-state index contributed by atoms with van der Waals surface area (Å²) < 4.78 is 0. The van der Waals surface area contributed by atoms with Gasteiger partial charge in [-0.05, 0) is 6.92 Å². The molecule has 1 atom stereocenters. The number of aromatic nitrogens is 2. The van der Waals surface area contributed by atoms with E-state index in [0.29, 0.717) is 0 Å². The van der Waals surface area contributed by atoms with Crippen molar-refractivity contribution in [1.82, 2.24) is 9.97 Å². The molecule has 1 heterocycles. The van der Waals surface area contributed by atoms with Crippen molar-refractivity contribution < 1.29 is 0 Å². The molecule has 0 aliphatic carbocycles. The summed E-state index contributed by atoms with van der Waals surface area (Å²) in [5, 5.41) is 0. The van der Waals surface area contributed by atoms with Crippen LogP contribution in [0.3, 0.4) is 0 Å². The lowest BCUT2D eigenvalue weighted by Crippen LogP contribution is -2.11. The second-order valence-electron chi connectivity index (χ2n) is 2.50. The molecule has 1 aromatic rings. The van der Waals surface area contributed by atoms with Crippen LogP contribution in [0.15, 0.2) is 30.9 Å². The first-order chi connectivity index (χ1) is 5.22. The van der Waals surface area contributed by atoms with E-state index in [0.717, 1.165) is 11.1 Å². The molecule has 0 saturated heterocycles. The highest BCUT2D eigenvalue weighted by Gasteiger charge is 2.05. The Balaban J connectivity index is 2.85. The molecule has 11 heavy (non-hydrogen) atoms. The average molecular weight is 149 g/mol. The molecule has 1 aromatic heterocycles. The Labute approximate surface area is 66.0 Å². The maximum absolute atomic E-state index is 5.76. The smallest absolute Gasteiger partial charge is 0.115 e. The van der Waals surface area contributed by atoms with Crippen LogP contribution in [-0.2, 0) is 0 Å². The fourth-order valence-electron chi connectivity index (χ4n) is 0.756. The Bertz CT molecular complexity index is 243. The largest absolute Gasteiger partial charge is 0.320 e. The van der Waals surface area contributed by atoms with Crippen LogP contribution in [0.5, 0.6) is 0 Å². The quantitative estimate of drug-likeness (QED) is 0.639. The van der Waals surface area contributed by atoms with E-state index in [9.17, 15) is 0 Å². The van der Waals surface area contributed by atoms with E-state index >= 15 is 0 Å². The summed E-state index contributed by atoms with van der Waals surface area (Å²) in [4.78, 5) is 7.71.